The topological polar surface area (TPSA) is 40.5 Å². The number of rotatable bonds is 3. The summed E-state index contributed by atoms with van der Waals surface area (Å²) < 4.78 is 0. The zero-order valence-corrected chi connectivity index (χ0v) is 5.17. The minimum absolute atomic E-state index is 0.316. The van der Waals surface area contributed by atoms with Crippen molar-refractivity contribution >= 4 is 0 Å². The van der Waals surface area contributed by atoms with E-state index in [0.717, 1.165) is 6.42 Å². The lowest BCUT2D eigenvalue weighted by Gasteiger charge is -2.04. The van der Waals surface area contributed by atoms with Crippen molar-refractivity contribution in [3.8, 4) is 0 Å². The molecule has 0 aromatic heterocycles. The van der Waals surface area contributed by atoms with Crippen LogP contribution in [0.3, 0.4) is 0 Å². The van der Waals surface area contributed by atoms with Gasteiger partial charge in [0.15, 0.2) is 6.29 Å². The van der Waals surface area contributed by atoms with Crippen LogP contribution in [0.2, 0.25) is 0 Å². The maximum absolute atomic E-state index is 8.33. The number of hydrogen-bond donors (Lipinski definition) is 2. The predicted molar refractivity (Wildman–Crippen MR) is 32.0 cm³/mol. The van der Waals surface area contributed by atoms with E-state index in [1.165, 1.54) is 0 Å². The van der Waals surface area contributed by atoms with E-state index in [1.807, 2.05) is 6.92 Å². The molecule has 1 unspecified atom stereocenters. The highest BCUT2D eigenvalue weighted by Gasteiger charge is 1.98. The molecule has 0 saturated carbocycles. The van der Waals surface area contributed by atoms with Crippen LogP contribution in [0.25, 0.3) is 0 Å². The first kappa shape index (κ1) is 7.92. The summed E-state index contributed by atoms with van der Waals surface area (Å²) in [4.78, 5) is 0. The molecule has 2 heteroatoms. The zero-order chi connectivity index (χ0) is 6.57. The Morgan fingerprint density at radius 2 is 1.88 bits per heavy atom. The summed E-state index contributed by atoms with van der Waals surface area (Å²) in [6.45, 7) is 5.64. The molecule has 0 aliphatic heterocycles. The first-order valence-electron chi connectivity index (χ1n) is 2.82. The van der Waals surface area contributed by atoms with Crippen molar-refractivity contribution in [2.45, 2.75) is 26.1 Å². The van der Waals surface area contributed by atoms with Crippen LogP contribution in [0.15, 0.2) is 0 Å². The molecular formula is C6H13O2. The van der Waals surface area contributed by atoms with Crippen molar-refractivity contribution in [1.82, 2.24) is 0 Å². The van der Waals surface area contributed by atoms with Crippen molar-refractivity contribution in [2.75, 3.05) is 0 Å². The molecule has 1 atom stereocenters. The summed E-state index contributed by atoms with van der Waals surface area (Å²) >= 11 is 0. The Bertz CT molecular complexity index is 42.5. The van der Waals surface area contributed by atoms with E-state index in [9.17, 15) is 0 Å². The summed E-state index contributed by atoms with van der Waals surface area (Å²) in [5.41, 5.74) is 0. The molecule has 0 aromatic rings. The Balaban J connectivity index is 2.93. The normalized spacial score (nSPS) is 11.2. The molecule has 0 rings (SSSR count). The second-order valence-electron chi connectivity index (χ2n) is 2.16. The van der Waals surface area contributed by atoms with Gasteiger partial charge in [0.1, 0.15) is 0 Å². The van der Waals surface area contributed by atoms with E-state index in [4.69, 9.17) is 10.2 Å². The van der Waals surface area contributed by atoms with Gasteiger partial charge in [0.2, 0.25) is 0 Å². The quantitative estimate of drug-likeness (QED) is 0.530. The molecule has 1 radical (unpaired) electrons. The number of aliphatic hydroxyl groups is 2. The number of hydrogen-bond acceptors (Lipinski definition) is 2. The zero-order valence-electron chi connectivity index (χ0n) is 5.17. The minimum Gasteiger partial charge on any atom is -0.368 e. The third-order valence-electron chi connectivity index (χ3n) is 0.918. The molecule has 0 fully saturated rings. The van der Waals surface area contributed by atoms with E-state index >= 15 is 0 Å². The average Bonchev–Trinajstić information content (AvgIpc) is 1.61. The Morgan fingerprint density at radius 1 is 1.38 bits per heavy atom. The van der Waals surface area contributed by atoms with Crippen LogP contribution in [0, 0.1) is 12.8 Å². The third kappa shape index (κ3) is 5.92. The molecule has 8 heavy (non-hydrogen) atoms. The molecule has 0 bridgehead atoms. The van der Waals surface area contributed by atoms with Gasteiger partial charge in [-0.25, -0.2) is 0 Å². The standard InChI is InChI=1S/C6H13O2/c1-5(2)3-4-6(7)8/h5-8H,1,3-4H2,2H3. The first-order chi connectivity index (χ1) is 3.63. The van der Waals surface area contributed by atoms with Gasteiger partial charge in [0.05, 0.1) is 0 Å². The van der Waals surface area contributed by atoms with Gasteiger partial charge in [-0.15, -0.1) is 0 Å². The highest BCUT2D eigenvalue weighted by molar-refractivity contribution is 4.53. The van der Waals surface area contributed by atoms with Crippen molar-refractivity contribution < 1.29 is 10.2 Å². The first-order valence-corrected chi connectivity index (χ1v) is 2.82. The van der Waals surface area contributed by atoms with Gasteiger partial charge >= 0.3 is 0 Å². The van der Waals surface area contributed by atoms with Gasteiger partial charge < -0.3 is 10.2 Å². The summed E-state index contributed by atoms with van der Waals surface area (Å²) in [5, 5.41) is 16.7. The Hall–Kier alpha value is -0.0800. The second kappa shape index (κ2) is 3.87. The van der Waals surface area contributed by atoms with Gasteiger partial charge in [-0.1, -0.05) is 13.8 Å². The predicted octanol–water partition coefficient (Wildman–Crippen LogP) is 0.547. The third-order valence-corrected chi connectivity index (χ3v) is 0.918. The van der Waals surface area contributed by atoms with Gasteiger partial charge in [-0.3, -0.25) is 0 Å². The molecule has 49 valence electrons. The SMILES string of the molecule is [CH2]C(C)CCC(O)O. The fourth-order valence-corrected chi connectivity index (χ4v) is 0.434. The van der Waals surface area contributed by atoms with E-state index in [1.54, 1.807) is 0 Å². The molecular weight excluding hydrogens is 104 g/mol. The van der Waals surface area contributed by atoms with Crippen LogP contribution < -0.4 is 0 Å². The highest BCUT2D eigenvalue weighted by Crippen LogP contribution is 2.03. The highest BCUT2D eigenvalue weighted by atomic mass is 16.5. The monoisotopic (exact) mass is 117 g/mol. The van der Waals surface area contributed by atoms with E-state index < -0.39 is 6.29 Å². The maximum atomic E-state index is 8.33. The Labute approximate surface area is 50.2 Å². The van der Waals surface area contributed by atoms with E-state index in [0.29, 0.717) is 12.3 Å². The van der Waals surface area contributed by atoms with Gasteiger partial charge in [-0.2, -0.15) is 0 Å². The molecule has 0 aromatic carbocycles. The van der Waals surface area contributed by atoms with Gasteiger partial charge in [0, 0.05) is 0 Å². The fourth-order valence-electron chi connectivity index (χ4n) is 0.434. The van der Waals surface area contributed by atoms with E-state index in [-0.39, 0.29) is 0 Å². The maximum Gasteiger partial charge on any atom is 0.151 e. The second-order valence-corrected chi connectivity index (χ2v) is 2.16. The average molecular weight is 117 g/mol. The smallest absolute Gasteiger partial charge is 0.151 e. The van der Waals surface area contributed by atoms with Crippen LogP contribution in [0.5, 0.6) is 0 Å². The molecule has 0 aliphatic rings. The van der Waals surface area contributed by atoms with Crippen LogP contribution in [-0.2, 0) is 0 Å². The number of aliphatic hydroxyl groups excluding tert-OH is 1. The van der Waals surface area contributed by atoms with Gasteiger partial charge in [-0.05, 0) is 18.8 Å². The van der Waals surface area contributed by atoms with Crippen molar-refractivity contribution in [2.24, 2.45) is 5.92 Å². The fraction of sp³-hybridized carbons (Fsp3) is 0.833. The van der Waals surface area contributed by atoms with Crippen LogP contribution in [0.4, 0.5) is 0 Å². The molecule has 0 aliphatic carbocycles. The summed E-state index contributed by atoms with van der Waals surface area (Å²) in [6.07, 6.45) is 0.0571. The van der Waals surface area contributed by atoms with E-state index in [2.05, 4.69) is 6.92 Å². The minimum atomic E-state index is -1.15. The molecule has 0 saturated heterocycles. The summed E-state index contributed by atoms with van der Waals surface area (Å²) in [5.74, 6) is 0.316. The Morgan fingerprint density at radius 3 is 2.00 bits per heavy atom. The molecule has 0 spiro atoms. The van der Waals surface area contributed by atoms with Crippen molar-refractivity contribution in [3.63, 3.8) is 0 Å². The lowest BCUT2D eigenvalue weighted by molar-refractivity contribution is -0.0477. The molecule has 2 N–H and O–H groups in total. The van der Waals surface area contributed by atoms with Crippen molar-refractivity contribution in [3.05, 3.63) is 6.92 Å². The van der Waals surface area contributed by atoms with Crippen LogP contribution in [-0.4, -0.2) is 16.5 Å². The van der Waals surface area contributed by atoms with Crippen LogP contribution in [0.1, 0.15) is 19.8 Å². The van der Waals surface area contributed by atoms with Gasteiger partial charge in [0.25, 0.3) is 0 Å². The van der Waals surface area contributed by atoms with Crippen molar-refractivity contribution in [1.29, 1.82) is 0 Å². The summed E-state index contributed by atoms with van der Waals surface area (Å²) in [7, 11) is 0. The summed E-state index contributed by atoms with van der Waals surface area (Å²) in [6, 6.07) is 0. The molecule has 2 nitrogen and oxygen atoms in total. The Kier molecular flexibility index (Phi) is 3.83. The largest absolute Gasteiger partial charge is 0.368 e. The molecule has 0 heterocycles. The van der Waals surface area contributed by atoms with Crippen LogP contribution >= 0.6 is 0 Å². The molecule has 0 amide bonds. The lowest BCUT2D eigenvalue weighted by atomic mass is 10.1. The lowest BCUT2D eigenvalue weighted by Crippen LogP contribution is -2.05.